The van der Waals surface area contributed by atoms with Crippen LogP contribution in [0.5, 0.6) is 0 Å². The van der Waals surface area contributed by atoms with Gasteiger partial charge in [0, 0.05) is 20.1 Å². The first-order valence-electron chi connectivity index (χ1n) is 7.14. The van der Waals surface area contributed by atoms with Crippen molar-refractivity contribution in [2.24, 2.45) is 5.41 Å². The highest BCUT2D eigenvalue weighted by Crippen LogP contribution is 2.48. The maximum Gasteiger partial charge on any atom is 0.326 e. The molecule has 0 bridgehead atoms. The molecule has 1 saturated carbocycles. The van der Waals surface area contributed by atoms with Crippen molar-refractivity contribution in [1.29, 1.82) is 0 Å². The van der Waals surface area contributed by atoms with Crippen LogP contribution in [-0.2, 0) is 20.7 Å². The standard InChI is InChI=1S/C16H21NO4/c1-21-10-7-13(14(18)19)17-15(20)16(8-9-16)11-12-5-3-2-4-6-12/h2-6,13H,7-11H2,1H3,(H,17,20)(H,18,19). The molecular formula is C16H21NO4. The highest BCUT2D eigenvalue weighted by molar-refractivity contribution is 5.89. The van der Waals surface area contributed by atoms with E-state index in [2.05, 4.69) is 5.32 Å². The lowest BCUT2D eigenvalue weighted by Gasteiger charge is -2.19. The molecule has 5 heteroatoms. The van der Waals surface area contributed by atoms with Gasteiger partial charge in [0.05, 0.1) is 5.41 Å². The van der Waals surface area contributed by atoms with Crippen molar-refractivity contribution in [2.45, 2.75) is 31.7 Å². The Bertz CT molecular complexity index is 496. The van der Waals surface area contributed by atoms with E-state index in [-0.39, 0.29) is 12.3 Å². The van der Waals surface area contributed by atoms with Crippen LogP contribution in [0.3, 0.4) is 0 Å². The Hall–Kier alpha value is -1.88. The summed E-state index contributed by atoms with van der Waals surface area (Å²) in [5.74, 6) is -1.18. The quantitative estimate of drug-likeness (QED) is 0.763. The van der Waals surface area contributed by atoms with E-state index in [0.29, 0.717) is 13.0 Å². The minimum Gasteiger partial charge on any atom is -0.480 e. The number of aliphatic carboxylic acids is 1. The van der Waals surface area contributed by atoms with Gasteiger partial charge in [0.2, 0.25) is 5.91 Å². The molecule has 2 rings (SSSR count). The molecule has 0 aromatic heterocycles. The molecule has 0 saturated heterocycles. The fourth-order valence-electron chi connectivity index (χ4n) is 2.43. The van der Waals surface area contributed by atoms with Crippen molar-refractivity contribution >= 4 is 11.9 Å². The zero-order chi connectivity index (χ0) is 15.3. The second-order valence-electron chi connectivity index (χ2n) is 5.59. The fourth-order valence-corrected chi connectivity index (χ4v) is 2.43. The number of carboxylic acid groups (broad SMARTS) is 1. The van der Waals surface area contributed by atoms with Gasteiger partial charge in [0.15, 0.2) is 0 Å². The van der Waals surface area contributed by atoms with E-state index in [1.807, 2.05) is 30.3 Å². The van der Waals surface area contributed by atoms with E-state index in [1.165, 1.54) is 7.11 Å². The van der Waals surface area contributed by atoms with E-state index in [0.717, 1.165) is 18.4 Å². The molecule has 1 aromatic rings. The van der Waals surface area contributed by atoms with Crippen LogP contribution in [0, 0.1) is 5.41 Å². The molecule has 5 nitrogen and oxygen atoms in total. The van der Waals surface area contributed by atoms with Crippen molar-refractivity contribution in [3.8, 4) is 0 Å². The lowest BCUT2D eigenvalue weighted by Crippen LogP contribution is -2.45. The number of hydrogen-bond donors (Lipinski definition) is 2. The summed E-state index contributed by atoms with van der Waals surface area (Å²) in [5.41, 5.74) is 0.677. The number of methoxy groups -OCH3 is 1. The Balaban J connectivity index is 1.96. The monoisotopic (exact) mass is 291 g/mol. The third-order valence-electron chi connectivity index (χ3n) is 3.93. The van der Waals surface area contributed by atoms with E-state index < -0.39 is 17.4 Å². The van der Waals surface area contributed by atoms with Gasteiger partial charge in [-0.05, 0) is 24.8 Å². The highest BCUT2D eigenvalue weighted by Gasteiger charge is 2.50. The van der Waals surface area contributed by atoms with Crippen molar-refractivity contribution in [1.82, 2.24) is 5.32 Å². The Labute approximate surface area is 124 Å². The second kappa shape index (κ2) is 6.72. The summed E-state index contributed by atoms with van der Waals surface area (Å²) < 4.78 is 4.89. The van der Waals surface area contributed by atoms with Gasteiger partial charge in [-0.3, -0.25) is 4.79 Å². The number of ether oxygens (including phenoxy) is 1. The van der Waals surface area contributed by atoms with E-state index in [9.17, 15) is 9.59 Å². The van der Waals surface area contributed by atoms with Crippen LogP contribution in [0.25, 0.3) is 0 Å². The molecule has 1 aliphatic carbocycles. The summed E-state index contributed by atoms with van der Waals surface area (Å²) in [7, 11) is 1.51. The molecule has 2 N–H and O–H groups in total. The molecule has 0 radical (unpaired) electrons. The predicted molar refractivity (Wildman–Crippen MR) is 77.9 cm³/mol. The maximum absolute atomic E-state index is 12.4. The molecule has 0 heterocycles. The van der Waals surface area contributed by atoms with Crippen LogP contribution < -0.4 is 5.32 Å². The SMILES string of the molecule is COCCC(NC(=O)C1(Cc2ccccc2)CC1)C(=O)O. The highest BCUT2D eigenvalue weighted by atomic mass is 16.5. The van der Waals surface area contributed by atoms with Gasteiger partial charge in [-0.2, -0.15) is 0 Å². The molecule has 0 aliphatic heterocycles. The number of carbonyl (C=O) groups excluding carboxylic acids is 1. The molecule has 0 spiro atoms. The average molecular weight is 291 g/mol. The number of rotatable bonds is 8. The van der Waals surface area contributed by atoms with Gasteiger partial charge >= 0.3 is 5.97 Å². The molecule has 21 heavy (non-hydrogen) atoms. The maximum atomic E-state index is 12.4. The molecule has 1 aliphatic rings. The predicted octanol–water partition coefficient (Wildman–Crippen LogP) is 1.62. The number of hydrogen-bond acceptors (Lipinski definition) is 3. The van der Waals surface area contributed by atoms with Crippen LogP contribution in [0.15, 0.2) is 30.3 Å². The summed E-state index contributed by atoms with van der Waals surface area (Å²) in [6, 6.07) is 8.93. The van der Waals surface area contributed by atoms with Gasteiger partial charge in [-0.1, -0.05) is 30.3 Å². The summed E-state index contributed by atoms with van der Waals surface area (Å²) in [6.07, 6.45) is 2.56. The van der Waals surface area contributed by atoms with Crippen LogP contribution in [0.1, 0.15) is 24.8 Å². The second-order valence-corrected chi connectivity index (χ2v) is 5.59. The molecule has 1 amide bonds. The van der Waals surface area contributed by atoms with Crippen LogP contribution in [-0.4, -0.2) is 36.7 Å². The Morgan fingerprint density at radius 1 is 1.33 bits per heavy atom. The average Bonchev–Trinajstić information content (AvgIpc) is 3.25. The Morgan fingerprint density at radius 2 is 2.00 bits per heavy atom. The summed E-state index contributed by atoms with van der Waals surface area (Å²) in [4.78, 5) is 23.6. The molecular weight excluding hydrogens is 270 g/mol. The van der Waals surface area contributed by atoms with Crippen LogP contribution in [0.4, 0.5) is 0 Å². The number of nitrogens with one attached hydrogen (secondary N) is 1. The molecule has 1 unspecified atom stereocenters. The van der Waals surface area contributed by atoms with Crippen molar-refractivity contribution in [2.75, 3.05) is 13.7 Å². The molecule has 1 atom stereocenters. The normalized spacial score (nSPS) is 17.0. The summed E-state index contributed by atoms with van der Waals surface area (Å²) in [6.45, 7) is 0.308. The molecule has 114 valence electrons. The minimum absolute atomic E-state index is 0.158. The first-order chi connectivity index (χ1) is 10.1. The lowest BCUT2D eigenvalue weighted by molar-refractivity contribution is -0.143. The fraction of sp³-hybridized carbons (Fsp3) is 0.500. The summed E-state index contributed by atoms with van der Waals surface area (Å²) in [5, 5.41) is 11.8. The van der Waals surface area contributed by atoms with Crippen LogP contribution in [0.2, 0.25) is 0 Å². The number of carbonyl (C=O) groups is 2. The lowest BCUT2D eigenvalue weighted by atomic mass is 9.95. The first kappa shape index (κ1) is 15.5. The largest absolute Gasteiger partial charge is 0.480 e. The van der Waals surface area contributed by atoms with Gasteiger partial charge < -0.3 is 15.2 Å². The van der Waals surface area contributed by atoms with Crippen molar-refractivity contribution in [3.05, 3.63) is 35.9 Å². The molecule has 1 fully saturated rings. The first-order valence-corrected chi connectivity index (χ1v) is 7.14. The molecule has 1 aromatic carbocycles. The Kier molecular flexibility index (Phi) is 4.96. The minimum atomic E-state index is -1.02. The van der Waals surface area contributed by atoms with Gasteiger partial charge in [-0.25, -0.2) is 4.79 Å². The Morgan fingerprint density at radius 3 is 2.52 bits per heavy atom. The van der Waals surface area contributed by atoms with Crippen molar-refractivity contribution in [3.63, 3.8) is 0 Å². The number of carboxylic acids is 1. The zero-order valence-corrected chi connectivity index (χ0v) is 12.2. The number of amides is 1. The van der Waals surface area contributed by atoms with Gasteiger partial charge in [0.25, 0.3) is 0 Å². The van der Waals surface area contributed by atoms with E-state index in [4.69, 9.17) is 9.84 Å². The zero-order valence-electron chi connectivity index (χ0n) is 12.2. The third kappa shape index (κ3) is 4.04. The van der Waals surface area contributed by atoms with E-state index >= 15 is 0 Å². The smallest absolute Gasteiger partial charge is 0.326 e. The van der Waals surface area contributed by atoms with Crippen molar-refractivity contribution < 1.29 is 19.4 Å². The topological polar surface area (TPSA) is 75.6 Å². The summed E-state index contributed by atoms with van der Waals surface area (Å²) >= 11 is 0. The van der Waals surface area contributed by atoms with E-state index in [1.54, 1.807) is 0 Å². The van der Waals surface area contributed by atoms with Gasteiger partial charge in [0.1, 0.15) is 6.04 Å². The third-order valence-corrected chi connectivity index (χ3v) is 3.93. The van der Waals surface area contributed by atoms with Crippen LogP contribution >= 0.6 is 0 Å². The van der Waals surface area contributed by atoms with Gasteiger partial charge in [-0.15, -0.1) is 0 Å². The number of benzene rings is 1.